The summed E-state index contributed by atoms with van der Waals surface area (Å²) in [6.45, 7) is 4.82. The van der Waals surface area contributed by atoms with E-state index in [0.717, 1.165) is 33.5 Å². The Morgan fingerprint density at radius 2 is 1.93 bits per heavy atom. The second kappa shape index (κ2) is 13.0. The minimum atomic E-state index is -0.521. The van der Waals surface area contributed by atoms with Gasteiger partial charge in [-0.2, -0.15) is 0 Å². The first kappa shape index (κ1) is 24.8. The van der Waals surface area contributed by atoms with Crippen LogP contribution in [0.2, 0.25) is 5.02 Å². The molecule has 2 amide bonds. The van der Waals surface area contributed by atoms with Gasteiger partial charge in [0.2, 0.25) is 11.8 Å². The lowest BCUT2D eigenvalue weighted by Gasteiger charge is -2.29. The molecule has 1 atom stereocenters. The fraction of sp³-hybridized carbons (Fsp3) is 0.391. The highest BCUT2D eigenvalue weighted by Gasteiger charge is 2.25. The second-order valence-corrected chi connectivity index (χ2v) is 9.54. The molecule has 162 valence electrons. The highest BCUT2D eigenvalue weighted by Crippen LogP contribution is 2.22. The van der Waals surface area contributed by atoms with E-state index in [0.29, 0.717) is 24.5 Å². The molecule has 0 saturated carbocycles. The maximum atomic E-state index is 13.0. The molecule has 0 fully saturated rings. The van der Waals surface area contributed by atoms with Gasteiger partial charge in [-0.05, 0) is 67.5 Å². The van der Waals surface area contributed by atoms with Crippen LogP contribution in [0.25, 0.3) is 0 Å². The van der Waals surface area contributed by atoms with Crippen molar-refractivity contribution < 1.29 is 9.59 Å². The van der Waals surface area contributed by atoms with Crippen molar-refractivity contribution in [1.29, 1.82) is 0 Å². The van der Waals surface area contributed by atoms with Crippen LogP contribution in [0.3, 0.4) is 0 Å². The lowest BCUT2D eigenvalue weighted by atomic mass is 10.1. The second-order valence-electron chi connectivity index (χ2n) is 7.02. The molecule has 0 aliphatic rings. The maximum Gasteiger partial charge on any atom is 0.242 e. The number of hydrogen-bond donors (Lipinski definition) is 1. The minimum absolute atomic E-state index is 0.00849. The number of nitrogens with one attached hydrogen (secondary N) is 1. The van der Waals surface area contributed by atoms with Crippen LogP contribution in [0.15, 0.2) is 57.9 Å². The summed E-state index contributed by atoms with van der Waals surface area (Å²) in [6, 6.07) is 15.0. The summed E-state index contributed by atoms with van der Waals surface area (Å²) in [7, 11) is 0. The van der Waals surface area contributed by atoms with Crippen LogP contribution in [-0.2, 0) is 16.1 Å². The fourth-order valence-corrected chi connectivity index (χ4v) is 4.32. The number of amides is 2. The number of carbonyl (C=O) groups is 2. The molecule has 0 spiro atoms. The third-order valence-corrected chi connectivity index (χ3v) is 6.42. The highest BCUT2D eigenvalue weighted by atomic mass is 79.9. The minimum Gasteiger partial charge on any atom is -0.354 e. The highest BCUT2D eigenvalue weighted by molar-refractivity contribution is 9.10. The molecule has 2 rings (SSSR count). The SMILES string of the molecule is CCCNC(=O)[C@@H](C)N(Cc1cccc(Br)c1)C(=O)CCCSc1ccc(Cl)cc1. The Labute approximate surface area is 196 Å². The van der Waals surface area contributed by atoms with Crippen molar-refractivity contribution in [3.05, 3.63) is 63.6 Å². The van der Waals surface area contributed by atoms with Gasteiger partial charge >= 0.3 is 0 Å². The third-order valence-electron chi connectivity index (χ3n) is 4.58. The topological polar surface area (TPSA) is 49.4 Å². The summed E-state index contributed by atoms with van der Waals surface area (Å²) in [5.41, 5.74) is 0.989. The van der Waals surface area contributed by atoms with Crippen LogP contribution in [0.1, 0.15) is 38.7 Å². The lowest BCUT2D eigenvalue weighted by Crippen LogP contribution is -2.47. The molecule has 0 saturated heterocycles. The van der Waals surface area contributed by atoms with E-state index < -0.39 is 6.04 Å². The summed E-state index contributed by atoms with van der Waals surface area (Å²) in [4.78, 5) is 28.3. The summed E-state index contributed by atoms with van der Waals surface area (Å²) in [5.74, 6) is 0.704. The van der Waals surface area contributed by atoms with Gasteiger partial charge in [-0.15, -0.1) is 11.8 Å². The molecule has 1 N–H and O–H groups in total. The normalized spacial score (nSPS) is 11.7. The van der Waals surface area contributed by atoms with Crippen molar-refractivity contribution in [2.24, 2.45) is 0 Å². The maximum absolute atomic E-state index is 13.0. The van der Waals surface area contributed by atoms with Gasteiger partial charge in [0.25, 0.3) is 0 Å². The van der Waals surface area contributed by atoms with E-state index in [1.54, 1.807) is 23.6 Å². The Morgan fingerprint density at radius 1 is 1.20 bits per heavy atom. The molecule has 30 heavy (non-hydrogen) atoms. The van der Waals surface area contributed by atoms with Crippen LogP contribution in [-0.4, -0.2) is 35.1 Å². The number of halogens is 2. The van der Waals surface area contributed by atoms with Gasteiger partial charge in [0.05, 0.1) is 0 Å². The molecule has 0 aromatic heterocycles. The molecule has 0 radical (unpaired) electrons. The number of carbonyl (C=O) groups excluding carboxylic acids is 2. The summed E-state index contributed by atoms with van der Waals surface area (Å²) >= 11 is 11.1. The van der Waals surface area contributed by atoms with Crippen molar-refractivity contribution in [3.63, 3.8) is 0 Å². The van der Waals surface area contributed by atoms with Crippen molar-refractivity contribution in [3.8, 4) is 0 Å². The molecule has 2 aromatic rings. The molecule has 0 aliphatic heterocycles. The van der Waals surface area contributed by atoms with Gasteiger partial charge in [-0.25, -0.2) is 0 Å². The zero-order valence-corrected chi connectivity index (χ0v) is 20.5. The number of hydrogen-bond acceptors (Lipinski definition) is 3. The zero-order chi connectivity index (χ0) is 21.9. The zero-order valence-electron chi connectivity index (χ0n) is 17.4. The van der Waals surface area contributed by atoms with Gasteiger partial charge in [0.15, 0.2) is 0 Å². The van der Waals surface area contributed by atoms with E-state index in [2.05, 4.69) is 21.2 Å². The van der Waals surface area contributed by atoms with Crippen LogP contribution < -0.4 is 5.32 Å². The Hall–Kier alpha value is -1.50. The molecule has 0 heterocycles. The van der Waals surface area contributed by atoms with E-state index in [9.17, 15) is 9.59 Å². The van der Waals surface area contributed by atoms with Crippen LogP contribution in [0.5, 0.6) is 0 Å². The summed E-state index contributed by atoms with van der Waals surface area (Å²) in [6.07, 6.45) is 2.00. The van der Waals surface area contributed by atoms with Crippen LogP contribution in [0.4, 0.5) is 0 Å². The average molecular weight is 512 g/mol. The monoisotopic (exact) mass is 510 g/mol. The van der Waals surface area contributed by atoms with Gasteiger partial charge in [-0.1, -0.05) is 46.6 Å². The molecule has 4 nitrogen and oxygen atoms in total. The largest absolute Gasteiger partial charge is 0.354 e. The first-order chi connectivity index (χ1) is 14.4. The van der Waals surface area contributed by atoms with E-state index >= 15 is 0 Å². The summed E-state index contributed by atoms with van der Waals surface area (Å²) < 4.78 is 0.954. The smallest absolute Gasteiger partial charge is 0.242 e. The van der Waals surface area contributed by atoms with Gasteiger partial charge in [0, 0.05) is 33.9 Å². The third kappa shape index (κ3) is 8.32. The van der Waals surface area contributed by atoms with Gasteiger partial charge in [0.1, 0.15) is 6.04 Å². The number of benzene rings is 2. The first-order valence-corrected chi connectivity index (χ1v) is 12.3. The number of nitrogens with zero attached hydrogens (tertiary/aromatic N) is 1. The fourth-order valence-electron chi connectivity index (χ4n) is 2.90. The van der Waals surface area contributed by atoms with Crippen LogP contribution >= 0.6 is 39.3 Å². The van der Waals surface area contributed by atoms with E-state index in [-0.39, 0.29) is 11.8 Å². The van der Waals surface area contributed by atoms with Crippen molar-refractivity contribution in [2.75, 3.05) is 12.3 Å². The van der Waals surface area contributed by atoms with Crippen molar-refractivity contribution in [2.45, 2.75) is 50.6 Å². The van der Waals surface area contributed by atoms with Gasteiger partial charge in [-0.3, -0.25) is 9.59 Å². The molecule has 0 bridgehead atoms. The number of thioether (sulfide) groups is 1. The predicted molar refractivity (Wildman–Crippen MR) is 129 cm³/mol. The molecule has 7 heteroatoms. The lowest BCUT2D eigenvalue weighted by molar-refractivity contribution is -0.140. The van der Waals surface area contributed by atoms with Crippen molar-refractivity contribution >= 4 is 51.1 Å². The number of rotatable bonds is 11. The van der Waals surface area contributed by atoms with E-state index in [1.807, 2.05) is 55.5 Å². The summed E-state index contributed by atoms with van der Waals surface area (Å²) in [5, 5.41) is 3.62. The average Bonchev–Trinajstić information content (AvgIpc) is 2.74. The van der Waals surface area contributed by atoms with Crippen LogP contribution in [0, 0.1) is 0 Å². The Kier molecular flexibility index (Phi) is 10.8. The molecule has 0 unspecified atom stereocenters. The molecular weight excluding hydrogens is 484 g/mol. The van der Waals surface area contributed by atoms with E-state index in [1.165, 1.54) is 0 Å². The Balaban J connectivity index is 1.97. The quantitative estimate of drug-likeness (QED) is 0.301. The van der Waals surface area contributed by atoms with Crippen molar-refractivity contribution in [1.82, 2.24) is 10.2 Å². The standard InChI is InChI=1S/C23H28BrClN2O2S/c1-3-13-26-23(29)17(2)27(16-18-6-4-7-19(24)15-18)22(28)8-5-14-30-21-11-9-20(25)10-12-21/h4,6-7,9-12,15,17H,3,5,8,13-14,16H2,1-2H3,(H,26,29)/t17-/m1/s1. The Bertz CT molecular complexity index is 832. The molecular formula is C23H28BrClN2O2S. The Morgan fingerprint density at radius 3 is 2.60 bits per heavy atom. The molecule has 2 aromatic carbocycles. The molecule has 0 aliphatic carbocycles. The first-order valence-electron chi connectivity index (χ1n) is 10.1. The van der Waals surface area contributed by atoms with Gasteiger partial charge < -0.3 is 10.2 Å². The van der Waals surface area contributed by atoms with E-state index in [4.69, 9.17) is 11.6 Å². The predicted octanol–water partition coefficient (Wildman–Crippen LogP) is 5.92.